The van der Waals surface area contributed by atoms with Gasteiger partial charge in [0.15, 0.2) is 6.61 Å². The SMILES string of the molecule is Cc1cccc(NC(=O)NC(=O)COC(=O)CN2C(=O)c3cccc([N+](=O)[O-])c3C2=O)c1C. The second-order valence-electron chi connectivity index (χ2n) is 7.06. The molecule has 2 aromatic rings. The Bertz CT molecular complexity index is 1210. The van der Waals surface area contributed by atoms with E-state index in [1.165, 1.54) is 12.1 Å². The van der Waals surface area contributed by atoms with Gasteiger partial charge in [0.05, 0.1) is 10.5 Å². The van der Waals surface area contributed by atoms with Gasteiger partial charge in [-0.2, -0.15) is 0 Å². The van der Waals surface area contributed by atoms with Crippen LogP contribution in [-0.4, -0.2) is 52.7 Å². The van der Waals surface area contributed by atoms with Crippen LogP contribution in [0.1, 0.15) is 31.8 Å². The smallest absolute Gasteiger partial charge is 0.326 e. The highest BCUT2D eigenvalue weighted by Gasteiger charge is 2.42. The standard InChI is InChI=1S/C21H18N4O8/c1-11-5-3-7-14(12(11)2)22-21(30)23-16(26)10-33-17(27)9-24-19(28)13-6-4-8-15(25(31)32)18(13)20(24)29/h3-8H,9-10H2,1-2H3,(H2,22,23,26,30). The average Bonchev–Trinajstić information content (AvgIpc) is 3.00. The highest BCUT2D eigenvalue weighted by Crippen LogP contribution is 2.30. The van der Waals surface area contributed by atoms with Crippen molar-refractivity contribution in [3.63, 3.8) is 0 Å². The minimum Gasteiger partial charge on any atom is -0.454 e. The number of rotatable bonds is 6. The molecule has 170 valence electrons. The van der Waals surface area contributed by atoms with Crippen molar-refractivity contribution >= 4 is 41.1 Å². The molecule has 2 aromatic carbocycles. The lowest BCUT2D eigenvalue weighted by molar-refractivity contribution is -0.385. The van der Waals surface area contributed by atoms with Crippen molar-refractivity contribution in [1.29, 1.82) is 0 Å². The maximum Gasteiger partial charge on any atom is 0.326 e. The monoisotopic (exact) mass is 454 g/mol. The van der Waals surface area contributed by atoms with Crippen LogP contribution in [0.25, 0.3) is 0 Å². The van der Waals surface area contributed by atoms with Crippen LogP contribution in [0.3, 0.4) is 0 Å². The number of carbonyl (C=O) groups excluding carboxylic acids is 5. The minimum atomic E-state index is -1.11. The summed E-state index contributed by atoms with van der Waals surface area (Å²) in [6, 6.07) is 7.95. The summed E-state index contributed by atoms with van der Waals surface area (Å²) in [7, 11) is 0. The zero-order valence-electron chi connectivity index (χ0n) is 17.5. The van der Waals surface area contributed by atoms with Crippen LogP contribution in [-0.2, 0) is 14.3 Å². The number of imide groups is 2. The third-order valence-corrected chi connectivity index (χ3v) is 4.93. The predicted octanol–water partition coefficient (Wildman–Crippen LogP) is 1.70. The lowest BCUT2D eigenvalue weighted by Crippen LogP contribution is -2.39. The van der Waals surface area contributed by atoms with E-state index in [1.807, 2.05) is 18.3 Å². The van der Waals surface area contributed by atoms with E-state index in [2.05, 4.69) is 5.32 Å². The molecule has 1 aliphatic heterocycles. The van der Waals surface area contributed by atoms with Crippen LogP contribution in [0.5, 0.6) is 0 Å². The number of nitrogens with zero attached hydrogens (tertiary/aromatic N) is 2. The van der Waals surface area contributed by atoms with Gasteiger partial charge in [-0.15, -0.1) is 0 Å². The predicted molar refractivity (Wildman–Crippen MR) is 112 cm³/mol. The molecule has 0 bridgehead atoms. The van der Waals surface area contributed by atoms with Crippen molar-refractivity contribution in [3.8, 4) is 0 Å². The Morgan fingerprint density at radius 1 is 1.06 bits per heavy atom. The van der Waals surface area contributed by atoms with Gasteiger partial charge >= 0.3 is 12.0 Å². The van der Waals surface area contributed by atoms with Gasteiger partial charge < -0.3 is 10.1 Å². The Hall–Kier alpha value is -4.61. The Labute approximate surface area is 186 Å². The molecule has 0 saturated heterocycles. The molecule has 0 aliphatic carbocycles. The van der Waals surface area contributed by atoms with E-state index in [1.54, 1.807) is 19.1 Å². The highest BCUT2D eigenvalue weighted by molar-refractivity contribution is 6.24. The molecule has 0 spiro atoms. The molecule has 0 aromatic heterocycles. The molecule has 0 radical (unpaired) electrons. The number of hydrogen-bond acceptors (Lipinski definition) is 8. The number of urea groups is 1. The Morgan fingerprint density at radius 2 is 1.76 bits per heavy atom. The molecule has 1 aliphatic rings. The molecule has 12 nitrogen and oxygen atoms in total. The van der Waals surface area contributed by atoms with E-state index in [0.717, 1.165) is 17.2 Å². The second kappa shape index (κ2) is 9.26. The summed E-state index contributed by atoms with van der Waals surface area (Å²) in [5.74, 6) is -3.97. The molecule has 0 fully saturated rings. The number of hydrogen-bond donors (Lipinski definition) is 2. The quantitative estimate of drug-likeness (QED) is 0.288. The lowest BCUT2D eigenvalue weighted by Gasteiger charge is -2.13. The average molecular weight is 454 g/mol. The molecule has 33 heavy (non-hydrogen) atoms. The van der Waals surface area contributed by atoms with Crippen molar-refractivity contribution in [1.82, 2.24) is 10.2 Å². The zero-order chi connectivity index (χ0) is 24.3. The van der Waals surface area contributed by atoms with Gasteiger partial charge in [-0.05, 0) is 37.1 Å². The van der Waals surface area contributed by atoms with Gasteiger partial charge in [0, 0.05) is 11.8 Å². The zero-order valence-corrected chi connectivity index (χ0v) is 17.5. The van der Waals surface area contributed by atoms with E-state index in [4.69, 9.17) is 4.74 Å². The summed E-state index contributed by atoms with van der Waals surface area (Å²) >= 11 is 0. The number of nitro groups is 1. The number of nitrogens with one attached hydrogen (secondary N) is 2. The van der Waals surface area contributed by atoms with Gasteiger partial charge in [0.2, 0.25) is 0 Å². The first-order valence-electron chi connectivity index (χ1n) is 9.56. The molecule has 0 saturated carbocycles. The summed E-state index contributed by atoms with van der Waals surface area (Å²) in [6.07, 6.45) is 0. The number of nitro benzene ring substituents is 1. The molecule has 3 rings (SSSR count). The maximum atomic E-state index is 12.4. The summed E-state index contributed by atoms with van der Waals surface area (Å²) in [5.41, 5.74) is 1.07. The van der Waals surface area contributed by atoms with E-state index < -0.39 is 59.0 Å². The number of benzene rings is 2. The number of ether oxygens (including phenoxy) is 1. The van der Waals surface area contributed by atoms with Gasteiger partial charge in [0.1, 0.15) is 12.1 Å². The Kier molecular flexibility index (Phi) is 6.47. The molecule has 12 heteroatoms. The fourth-order valence-corrected chi connectivity index (χ4v) is 3.14. The molecule has 5 amide bonds. The van der Waals surface area contributed by atoms with Crippen LogP contribution < -0.4 is 10.6 Å². The number of aryl methyl sites for hydroxylation is 1. The summed E-state index contributed by atoms with van der Waals surface area (Å²) in [5, 5.41) is 15.6. The summed E-state index contributed by atoms with van der Waals surface area (Å²) in [4.78, 5) is 71.5. The fourth-order valence-electron chi connectivity index (χ4n) is 3.14. The van der Waals surface area contributed by atoms with Gasteiger partial charge in [-0.1, -0.05) is 18.2 Å². The number of fused-ring (bicyclic) bond motifs is 1. The normalized spacial score (nSPS) is 12.2. The molecule has 0 unspecified atom stereocenters. The second-order valence-corrected chi connectivity index (χ2v) is 7.06. The van der Waals surface area contributed by atoms with E-state index in [9.17, 15) is 34.1 Å². The number of amides is 5. The van der Waals surface area contributed by atoms with Crippen molar-refractivity contribution in [2.75, 3.05) is 18.5 Å². The van der Waals surface area contributed by atoms with Crippen LogP contribution >= 0.6 is 0 Å². The number of esters is 1. The molecule has 1 heterocycles. The van der Waals surface area contributed by atoms with Gasteiger partial charge in [0.25, 0.3) is 23.4 Å². The maximum absolute atomic E-state index is 12.4. The Balaban J connectivity index is 1.53. The lowest BCUT2D eigenvalue weighted by atomic mass is 10.1. The first-order chi connectivity index (χ1) is 15.6. The van der Waals surface area contributed by atoms with Crippen molar-refractivity contribution in [3.05, 3.63) is 68.8 Å². The molecular formula is C21H18N4O8. The van der Waals surface area contributed by atoms with Crippen LogP contribution in [0.2, 0.25) is 0 Å². The first kappa shape index (κ1) is 23.1. The van der Waals surface area contributed by atoms with Gasteiger partial charge in [-0.3, -0.25) is 39.5 Å². The first-order valence-corrected chi connectivity index (χ1v) is 9.56. The van der Waals surface area contributed by atoms with Crippen LogP contribution in [0.15, 0.2) is 36.4 Å². The van der Waals surface area contributed by atoms with E-state index in [0.29, 0.717) is 10.6 Å². The third-order valence-electron chi connectivity index (χ3n) is 4.93. The molecule has 2 N–H and O–H groups in total. The number of anilines is 1. The summed E-state index contributed by atoms with van der Waals surface area (Å²) in [6.45, 7) is 1.95. The minimum absolute atomic E-state index is 0.206. The van der Waals surface area contributed by atoms with E-state index in [-0.39, 0.29) is 5.56 Å². The van der Waals surface area contributed by atoms with E-state index >= 15 is 0 Å². The van der Waals surface area contributed by atoms with Gasteiger partial charge in [-0.25, -0.2) is 4.79 Å². The van der Waals surface area contributed by atoms with Crippen molar-refractivity contribution in [2.24, 2.45) is 0 Å². The summed E-state index contributed by atoms with van der Waals surface area (Å²) < 4.78 is 4.72. The molecule has 0 atom stereocenters. The van der Waals surface area contributed by atoms with Crippen molar-refractivity contribution < 1.29 is 33.6 Å². The van der Waals surface area contributed by atoms with Crippen LogP contribution in [0.4, 0.5) is 16.2 Å². The fraction of sp³-hybridized carbons (Fsp3) is 0.190. The number of carbonyl (C=O) groups is 5. The topological polar surface area (TPSA) is 165 Å². The Morgan fingerprint density at radius 3 is 2.45 bits per heavy atom. The van der Waals surface area contributed by atoms with Crippen molar-refractivity contribution in [2.45, 2.75) is 13.8 Å². The third kappa shape index (κ3) is 4.84. The molecular weight excluding hydrogens is 436 g/mol. The highest BCUT2D eigenvalue weighted by atomic mass is 16.6. The largest absolute Gasteiger partial charge is 0.454 e. The van der Waals surface area contributed by atoms with Crippen LogP contribution in [0, 0.1) is 24.0 Å².